The summed E-state index contributed by atoms with van der Waals surface area (Å²) >= 11 is -1.72. The summed E-state index contributed by atoms with van der Waals surface area (Å²) in [5, 5.41) is 0. The van der Waals surface area contributed by atoms with E-state index in [1.807, 2.05) is 0 Å². The zero-order valence-electron chi connectivity index (χ0n) is 2.42. The lowest BCUT2D eigenvalue weighted by atomic mass is 26.6. The molecular formula is H3AlCl3P. The molecule has 0 aliphatic heterocycles. The quantitative estimate of drug-likeness (QED) is 0.381. The molecule has 0 nitrogen and oxygen atoms in total. The van der Waals surface area contributed by atoms with Crippen LogP contribution in [0.5, 0.6) is 0 Å². The van der Waals surface area contributed by atoms with Gasteiger partial charge in [-0.3, -0.25) is 0 Å². The zero-order valence-corrected chi connectivity index (χ0v) is 7.26. The van der Waals surface area contributed by atoms with E-state index in [1.54, 1.807) is 0 Å². The molecule has 0 aliphatic carbocycles. The molecule has 0 aliphatic rings. The molecule has 0 heterocycles. The van der Waals surface area contributed by atoms with E-state index in [0.29, 0.717) is 0 Å². The Balaban J connectivity index is 0. The number of rotatable bonds is 0. The number of hydrogen-bond acceptors (Lipinski definition) is 0. The Morgan fingerprint density at radius 1 is 1.00 bits per heavy atom. The van der Waals surface area contributed by atoms with Crippen molar-refractivity contribution in [1.29, 1.82) is 0 Å². The van der Waals surface area contributed by atoms with Crippen molar-refractivity contribution in [2.75, 3.05) is 0 Å². The van der Waals surface area contributed by atoms with Crippen molar-refractivity contribution in [1.82, 2.24) is 0 Å². The standard InChI is InChI=1S/Al.3ClH.H3P/h;3*1H;1H3/q+3;;;;/p-3. The number of halogens is 3. The van der Waals surface area contributed by atoms with Gasteiger partial charge in [-0.15, -0.1) is 0 Å². The molecule has 0 aromatic carbocycles. The summed E-state index contributed by atoms with van der Waals surface area (Å²) in [6, 6.07) is 0. The van der Waals surface area contributed by atoms with E-state index in [-0.39, 0.29) is 9.90 Å². The predicted molar refractivity (Wildman–Crippen MR) is 34.4 cm³/mol. The van der Waals surface area contributed by atoms with Crippen LogP contribution in [-0.4, -0.2) is 11.4 Å². The molecule has 0 rings (SSSR count). The fourth-order valence-electron chi connectivity index (χ4n) is 0. The fourth-order valence-corrected chi connectivity index (χ4v) is 0. The van der Waals surface area contributed by atoms with Gasteiger partial charge in [0.1, 0.15) is 0 Å². The highest BCUT2D eigenvalue weighted by Crippen LogP contribution is 1.97. The van der Waals surface area contributed by atoms with Gasteiger partial charge < -0.3 is 0 Å². The zero-order chi connectivity index (χ0) is 3.58. The van der Waals surface area contributed by atoms with E-state index in [2.05, 4.69) is 0 Å². The Morgan fingerprint density at radius 3 is 1.00 bits per heavy atom. The lowest BCUT2D eigenvalue weighted by Crippen LogP contribution is -1.66. The summed E-state index contributed by atoms with van der Waals surface area (Å²) in [5.74, 6) is 0. The van der Waals surface area contributed by atoms with Crippen LogP contribution in [0.3, 0.4) is 0 Å². The maximum atomic E-state index is 4.94. The summed E-state index contributed by atoms with van der Waals surface area (Å²) in [7, 11) is 14.8. The SMILES string of the molecule is P.[Cl][Al]([Cl])[Cl]. The van der Waals surface area contributed by atoms with Crippen LogP contribution in [0.4, 0.5) is 0 Å². The minimum atomic E-state index is -1.72. The van der Waals surface area contributed by atoms with E-state index in [9.17, 15) is 0 Å². The molecule has 0 radical (unpaired) electrons. The Kier molecular flexibility index (Phi) is 11.6. The van der Waals surface area contributed by atoms with E-state index in [4.69, 9.17) is 30.1 Å². The third-order valence-electron chi connectivity index (χ3n) is 0. The lowest BCUT2D eigenvalue weighted by molar-refractivity contribution is 4.07. The third kappa shape index (κ3) is 25.5. The van der Waals surface area contributed by atoms with Crippen LogP contribution >= 0.6 is 40.0 Å². The molecule has 0 saturated heterocycles. The second kappa shape index (κ2) is 5.83. The molecule has 0 spiro atoms. The molecule has 0 bridgehead atoms. The van der Waals surface area contributed by atoms with Crippen molar-refractivity contribution < 1.29 is 0 Å². The smallest absolute Gasteiger partial charge is 0.214 e. The maximum absolute atomic E-state index is 4.94. The van der Waals surface area contributed by atoms with E-state index >= 15 is 0 Å². The van der Waals surface area contributed by atoms with Gasteiger partial charge >= 0.3 is 11.4 Å². The first-order valence-corrected chi connectivity index (χ1v) is 5.89. The second-order valence-electron chi connectivity index (χ2n) is 0.247. The molecule has 0 aromatic heterocycles. The van der Waals surface area contributed by atoms with E-state index in [0.717, 1.165) is 0 Å². The molecular weight excluding hydrogens is 164 g/mol. The summed E-state index contributed by atoms with van der Waals surface area (Å²) in [6.45, 7) is 0. The van der Waals surface area contributed by atoms with E-state index < -0.39 is 11.4 Å². The molecule has 0 N–H and O–H groups in total. The van der Waals surface area contributed by atoms with Gasteiger partial charge in [-0.1, -0.05) is 0 Å². The topological polar surface area (TPSA) is 0 Å². The summed E-state index contributed by atoms with van der Waals surface area (Å²) in [4.78, 5) is 0. The molecule has 1 unspecified atom stereocenters. The minimum Gasteiger partial charge on any atom is -0.214 e. The lowest BCUT2D eigenvalue weighted by Gasteiger charge is -1.57. The molecule has 5 heavy (non-hydrogen) atoms. The Bertz CT molecular complexity index is 11.6. The first-order chi connectivity index (χ1) is 1.73. The second-order valence-corrected chi connectivity index (χ2v) is 6.68. The number of hydrogen-bond donors (Lipinski definition) is 0. The van der Waals surface area contributed by atoms with Crippen molar-refractivity contribution in [3.63, 3.8) is 0 Å². The first kappa shape index (κ1) is 9.95. The van der Waals surface area contributed by atoms with Crippen LogP contribution in [-0.2, 0) is 0 Å². The minimum absolute atomic E-state index is 0. The van der Waals surface area contributed by atoms with Crippen molar-refractivity contribution in [3.05, 3.63) is 0 Å². The molecule has 0 aromatic rings. The summed E-state index contributed by atoms with van der Waals surface area (Å²) in [6.07, 6.45) is 0. The van der Waals surface area contributed by atoms with Crippen molar-refractivity contribution in [2.45, 2.75) is 0 Å². The van der Waals surface area contributed by atoms with Gasteiger partial charge in [0.15, 0.2) is 0 Å². The Morgan fingerprint density at radius 2 is 1.00 bits per heavy atom. The molecule has 0 amide bonds. The van der Waals surface area contributed by atoms with Gasteiger partial charge in [-0.2, -0.15) is 9.90 Å². The largest absolute Gasteiger partial charge is 0.643 e. The molecule has 0 fully saturated rings. The van der Waals surface area contributed by atoms with Gasteiger partial charge in [0.05, 0.1) is 0 Å². The summed E-state index contributed by atoms with van der Waals surface area (Å²) in [5.41, 5.74) is 0. The third-order valence-corrected chi connectivity index (χ3v) is 0. The van der Waals surface area contributed by atoms with Gasteiger partial charge in [0, 0.05) is 0 Å². The van der Waals surface area contributed by atoms with Crippen molar-refractivity contribution >= 4 is 51.4 Å². The van der Waals surface area contributed by atoms with Crippen molar-refractivity contribution in [2.24, 2.45) is 0 Å². The molecule has 0 saturated carbocycles. The molecule has 5 heteroatoms. The highest BCUT2D eigenvalue weighted by molar-refractivity contribution is 7.54. The van der Waals surface area contributed by atoms with Gasteiger partial charge in [0.25, 0.3) is 0 Å². The average molecular weight is 167 g/mol. The van der Waals surface area contributed by atoms with Gasteiger partial charge in [-0.05, 0) is 0 Å². The van der Waals surface area contributed by atoms with Crippen LogP contribution in [0, 0.1) is 0 Å². The molecule has 1 atom stereocenters. The fraction of sp³-hybridized carbons (Fsp3) is 0. The van der Waals surface area contributed by atoms with Crippen LogP contribution in [0.25, 0.3) is 0 Å². The van der Waals surface area contributed by atoms with E-state index in [1.165, 1.54) is 0 Å². The van der Waals surface area contributed by atoms with Crippen LogP contribution in [0.15, 0.2) is 0 Å². The highest BCUT2D eigenvalue weighted by atomic mass is 35.8. The van der Waals surface area contributed by atoms with Gasteiger partial charge in [0.2, 0.25) is 0 Å². The maximum Gasteiger partial charge on any atom is 0.643 e. The Labute approximate surface area is 51.4 Å². The monoisotopic (exact) mass is 166 g/mol. The van der Waals surface area contributed by atoms with Crippen molar-refractivity contribution in [3.8, 4) is 0 Å². The predicted octanol–water partition coefficient (Wildman–Crippen LogP) is 1.75. The summed E-state index contributed by atoms with van der Waals surface area (Å²) < 4.78 is 0. The van der Waals surface area contributed by atoms with Gasteiger partial charge in [-0.25, -0.2) is 30.1 Å². The molecule has 32 valence electrons. The van der Waals surface area contributed by atoms with Crippen LogP contribution < -0.4 is 0 Å². The highest BCUT2D eigenvalue weighted by Gasteiger charge is 2.00. The Hall–Kier alpha value is 1.83. The average Bonchev–Trinajstić information content (AvgIpc) is 0.811. The van der Waals surface area contributed by atoms with Crippen LogP contribution in [0.1, 0.15) is 0 Å². The first-order valence-electron chi connectivity index (χ1n) is 0.655. The van der Waals surface area contributed by atoms with Crippen LogP contribution in [0.2, 0.25) is 0 Å². The normalized spacial score (nSPS) is 5.40.